The predicted octanol–water partition coefficient (Wildman–Crippen LogP) is 3.34. The molecule has 2 amide bonds. The van der Waals surface area contributed by atoms with Gasteiger partial charge in [0.15, 0.2) is 0 Å². The molecular formula is C23H25FN4O3. The molecule has 2 aromatic rings. The summed E-state index contributed by atoms with van der Waals surface area (Å²) in [6.07, 6.45) is 6.99. The van der Waals surface area contributed by atoms with Gasteiger partial charge in [0.05, 0.1) is 6.54 Å². The molecule has 0 spiro atoms. The van der Waals surface area contributed by atoms with Gasteiger partial charge in [0.1, 0.15) is 17.6 Å². The Morgan fingerprint density at radius 1 is 1.10 bits per heavy atom. The number of ether oxygens (including phenoxy) is 1. The first kappa shape index (κ1) is 21.0. The van der Waals surface area contributed by atoms with Crippen LogP contribution in [0.1, 0.15) is 49.7 Å². The highest BCUT2D eigenvalue weighted by Crippen LogP contribution is 2.23. The molecule has 1 fully saturated rings. The van der Waals surface area contributed by atoms with Crippen LogP contribution in [0.2, 0.25) is 0 Å². The van der Waals surface area contributed by atoms with Gasteiger partial charge in [-0.2, -0.15) is 5.10 Å². The van der Waals surface area contributed by atoms with E-state index in [-0.39, 0.29) is 43.1 Å². The van der Waals surface area contributed by atoms with Crippen LogP contribution in [0.3, 0.4) is 0 Å². The Labute approximate surface area is 180 Å². The van der Waals surface area contributed by atoms with Gasteiger partial charge in [-0.25, -0.2) is 14.4 Å². The second kappa shape index (κ2) is 9.68. The van der Waals surface area contributed by atoms with Crippen molar-refractivity contribution in [3.63, 3.8) is 0 Å². The predicted molar refractivity (Wildman–Crippen MR) is 113 cm³/mol. The Kier molecular flexibility index (Phi) is 6.54. The van der Waals surface area contributed by atoms with Crippen molar-refractivity contribution in [1.82, 2.24) is 15.3 Å². The summed E-state index contributed by atoms with van der Waals surface area (Å²) in [7, 11) is 0. The molecule has 1 aromatic heterocycles. The van der Waals surface area contributed by atoms with Crippen LogP contribution in [0.4, 0.5) is 4.39 Å². The Balaban J connectivity index is 1.31. The van der Waals surface area contributed by atoms with Crippen LogP contribution in [0, 0.1) is 5.82 Å². The van der Waals surface area contributed by atoms with Gasteiger partial charge in [0, 0.05) is 31.6 Å². The molecule has 4 rings (SSSR count). The van der Waals surface area contributed by atoms with E-state index in [2.05, 4.69) is 15.4 Å². The van der Waals surface area contributed by atoms with Crippen molar-refractivity contribution in [2.75, 3.05) is 0 Å². The Hall–Kier alpha value is -3.29. The normalized spacial score (nSPS) is 16.9. The van der Waals surface area contributed by atoms with Crippen LogP contribution < -0.4 is 10.1 Å². The molecule has 162 valence electrons. The van der Waals surface area contributed by atoms with Crippen LogP contribution in [0.15, 0.2) is 47.7 Å². The van der Waals surface area contributed by atoms with E-state index in [1.807, 2.05) is 12.1 Å². The van der Waals surface area contributed by atoms with Crippen molar-refractivity contribution in [2.24, 2.45) is 5.10 Å². The molecule has 0 radical (unpaired) electrons. The van der Waals surface area contributed by atoms with Gasteiger partial charge >= 0.3 is 0 Å². The molecule has 1 aliphatic carbocycles. The topological polar surface area (TPSA) is 83.9 Å². The van der Waals surface area contributed by atoms with Crippen molar-refractivity contribution in [3.05, 3.63) is 59.5 Å². The number of carbonyl (C=O) groups is 2. The molecule has 0 saturated heterocycles. The van der Waals surface area contributed by atoms with E-state index in [0.29, 0.717) is 18.1 Å². The van der Waals surface area contributed by atoms with Crippen LogP contribution in [0.25, 0.3) is 0 Å². The number of carbonyl (C=O) groups excluding carboxylic acids is 2. The average Bonchev–Trinajstić information content (AvgIpc) is 3.29. The van der Waals surface area contributed by atoms with E-state index in [9.17, 15) is 14.0 Å². The zero-order valence-electron chi connectivity index (χ0n) is 17.2. The largest absolute Gasteiger partial charge is 0.474 e. The number of rotatable bonds is 7. The summed E-state index contributed by atoms with van der Waals surface area (Å²) >= 11 is 0. The van der Waals surface area contributed by atoms with Crippen LogP contribution in [-0.4, -0.2) is 33.6 Å². The lowest BCUT2D eigenvalue weighted by Crippen LogP contribution is -2.38. The van der Waals surface area contributed by atoms with Gasteiger partial charge in [-0.05, 0) is 48.9 Å². The summed E-state index contributed by atoms with van der Waals surface area (Å²) in [5, 5.41) is 8.32. The molecule has 31 heavy (non-hydrogen) atoms. The second-order valence-corrected chi connectivity index (χ2v) is 7.84. The number of benzene rings is 1. The zero-order chi connectivity index (χ0) is 21.6. The number of halogens is 1. The zero-order valence-corrected chi connectivity index (χ0v) is 17.2. The monoisotopic (exact) mass is 424 g/mol. The van der Waals surface area contributed by atoms with E-state index in [0.717, 1.165) is 24.0 Å². The van der Waals surface area contributed by atoms with E-state index >= 15 is 0 Å². The number of amides is 2. The maximum atomic E-state index is 13.1. The first-order valence-electron chi connectivity index (χ1n) is 10.6. The highest BCUT2D eigenvalue weighted by molar-refractivity contribution is 6.39. The van der Waals surface area contributed by atoms with Crippen molar-refractivity contribution >= 4 is 17.5 Å². The lowest BCUT2D eigenvalue weighted by Gasteiger charge is -2.23. The van der Waals surface area contributed by atoms with Gasteiger partial charge in [-0.3, -0.25) is 9.59 Å². The molecular weight excluding hydrogens is 399 g/mol. The molecule has 1 N–H and O–H groups in total. The van der Waals surface area contributed by atoms with Crippen LogP contribution in [0.5, 0.6) is 5.88 Å². The number of hydrogen-bond acceptors (Lipinski definition) is 5. The Morgan fingerprint density at radius 3 is 2.55 bits per heavy atom. The quantitative estimate of drug-likeness (QED) is 0.739. The molecule has 0 bridgehead atoms. The van der Waals surface area contributed by atoms with Crippen molar-refractivity contribution in [1.29, 1.82) is 0 Å². The maximum absolute atomic E-state index is 13.1. The van der Waals surface area contributed by atoms with E-state index < -0.39 is 0 Å². The Morgan fingerprint density at radius 2 is 1.84 bits per heavy atom. The van der Waals surface area contributed by atoms with Gasteiger partial charge in [-0.15, -0.1) is 0 Å². The molecule has 7 nitrogen and oxygen atoms in total. The summed E-state index contributed by atoms with van der Waals surface area (Å²) in [4.78, 5) is 29.0. The maximum Gasteiger partial charge on any atom is 0.267 e. The highest BCUT2D eigenvalue weighted by atomic mass is 19.1. The average molecular weight is 424 g/mol. The fourth-order valence-electron chi connectivity index (χ4n) is 3.70. The number of hydrogen-bond donors (Lipinski definition) is 1. The van der Waals surface area contributed by atoms with Crippen molar-refractivity contribution < 1.29 is 18.7 Å². The lowest BCUT2D eigenvalue weighted by atomic mass is 10.1. The summed E-state index contributed by atoms with van der Waals surface area (Å²) in [6, 6.07) is 9.56. The summed E-state index contributed by atoms with van der Waals surface area (Å²) in [6.45, 7) is 0.503. The third-order valence-corrected chi connectivity index (χ3v) is 5.45. The minimum Gasteiger partial charge on any atom is -0.474 e. The molecule has 8 heteroatoms. The first-order valence-corrected chi connectivity index (χ1v) is 10.6. The SMILES string of the molecule is O=C(NCc1ccc(OC2CCCC2)nc1)C1=NN(Cc2ccc(F)cc2)C(=O)CC1. The third kappa shape index (κ3) is 5.65. The molecule has 1 aromatic carbocycles. The smallest absolute Gasteiger partial charge is 0.267 e. The number of pyridine rings is 1. The van der Waals surface area contributed by atoms with Crippen molar-refractivity contribution in [2.45, 2.75) is 57.7 Å². The molecule has 2 heterocycles. The van der Waals surface area contributed by atoms with E-state index in [1.165, 1.54) is 30.0 Å². The highest BCUT2D eigenvalue weighted by Gasteiger charge is 2.24. The van der Waals surface area contributed by atoms with Gasteiger partial charge in [-0.1, -0.05) is 18.2 Å². The van der Waals surface area contributed by atoms with Crippen LogP contribution in [-0.2, 0) is 22.7 Å². The summed E-state index contributed by atoms with van der Waals surface area (Å²) in [5.41, 5.74) is 1.89. The number of hydrazone groups is 1. The summed E-state index contributed by atoms with van der Waals surface area (Å²) in [5.74, 6) is -0.218. The lowest BCUT2D eigenvalue weighted by molar-refractivity contribution is -0.132. The molecule has 0 unspecified atom stereocenters. The first-order chi connectivity index (χ1) is 15.1. The van der Waals surface area contributed by atoms with Gasteiger partial charge < -0.3 is 10.1 Å². The number of aromatic nitrogens is 1. The Bertz CT molecular complexity index is 954. The van der Waals surface area contributed by atoms with Crippen LogP contribution >= 0.6 is 0 Å². The molecule has 1 aliphatic heterocycles. The standard InChI is InChI=1S/C23H25FN4O3/c24-18-8-5-16(6-9-18)15-28-22(29)12-10-20(27-28)23(30)26-14-17-7-11-21(25-13-17)31-19-3-1-2-4-19/h5-9,11,13,19H,1-4,10,12,14-15H2,(H,26,30). The molecule has 0 atom stereocenters. The second-order valence-electron chi connectivity index (χ2n) is 7.84. The number of nitrogens with one attached hydrogen (secondary N) is 1. The van der Waals surface area contributed by atoms with E-state index in [1.54, 1.807) is 18.3 Å². The fraction of sp³-hybridized carbons (Fsp3) is 0.391. The third-order valence-electron chi connectivity index (χ3n) is 5.45. The molecule has 2 aliphatic rings. The van der Waals surface area contributed by atoms with E-state index in [4.69, 9.17) is 4.74 Å². The number of nitrogens with zero attached hydrogens (tertiary/aromatic N) is 3. The minimum atomic E-state index is -0.343. The molecule has 1 saturated carbocycles. The van der Waals surface area contributed by atoms with Crippen molar-refractivity contribution in [3.8, 4) is 5.88 Å². The minimum absolute atomic E-state index is 0.164. The van der Waals surface area contributed by atoms with Gasteiger partial charge in [0.25, 0.3) is 5.91 Å². The fourth-order valence-corrected chi connectivity index (χ4v) is 3.70. The van der Waals surface area contributed by atoms with Gasteiger partial charge in [0.2, 0.25) is 11.8 Å². The summed E-state index contributed by atoms with van der Waals surface area (Å²) < 4.78 is 18.9.